The Morgan fingerprint density at radius 1 is 0.608 bits per heavy atom. The van der Waals surface area contributed by atoms with Gasteiger partial charge in [0.15, 0.2) is 0 Å². The topological polar surface area (TPSA) is 245 Å². The fourth-order valence-corrected chi connectivity index (χ4v) is 11.1. The molecule has 6 N–H and O–H groups in total. The van der Waals surface area contributed by atoms with Gasteiger partial charge in [-0.05, 0) is 119 Å². The molecule has 18 nitrogen and oxygen atoms in total. The number of ether oxygens (including phenoxy) is 4. The zero-order chi connectivity index (χ0) is 54.4. The van der Waals surface area contributed by atoms with Crippen LogP contribution in [0.5, 0.6) is 11.5 Å². The third kappa shape index (κ3) is 15.7. The fraction of sp³-hybridized carbons (Fsp3) is 0.385. The second-order valence-corrected chi connectivity index (χ2v) is 24.8. The van der Waals surface area contributed by atoms with Crippen LogP contribution in [0.15, 0.2) is 112 Å². The molecule has 22 heteroatoms. The van der Waals surface area contributed by atoms with E-state index < -0.39 is 49.8 Å². The van der Waals surface area contributed by atoms with E-state index in [-0.39, 0.29) is 15.3 Å². The number of anilines is 2. The molecule has 396 valence electrons. The van der Waals surface area contributed by atoms with Crippen LogP contribution >= 0.6 is 15.9 Å². The quantitative estimate of drug-likeness (QED) is 0.0635. The summed E-state index contributed by atoms with van der Waals surface area (Å²) in [5.74, 6) is 1.78. The highest BCUT2D eigenvalue weighted by Crippen LogP contribution is 2.37. The van der Waals surface area contributed by atoms with E-state index in [2.05, 4.69) is 55.9 Å². The molecule has 0 bridgehead atoms. The molecule has 2 aliphatic heterocycles. The second kappa shape index (κ2) is 23.1. The number of halogens is 1. The highest BCUT2D eigenvalue weighted by atomic mass is 79.9. The van der Waals surface area contributed by atoms with Crippen LogP contribution in [-0.4, -0.2) is 76.6 Å². The number of aromatic nitrogens is 4. The van der Waals surface area contributed by atoms with Gasteiger partial charge in [-0.15, -0.1) is 0 Å². The van der Waals surface area contributed by atoms with Crippen molar-refractivity contribution in [2.24, 2.45) is 0 Å². The van der Waals surface area contributed by atoms with Gasteiger partial charge in [0.1, 0.15) is 23.1 Å². The standard InChI is InChI=1S/C26H32N4O4S.C16H18BrN3O2.C10H16BNO4S/c1-17-24-21(16-33-26(5,6)34-24)19(14-27-17)15-29-23-12-11-18(13-28-23)20-9-7-8-10-22(20)35(31,32)30-25(2,3)4;1-10-15-13(9-21-16(2,3)22-15)11(6-18-10)7-19-14-5-4-12(17)8-20-14;1-10(2,3)12-17(15,16)9-7-5-4-6-8(9)11(13)14/h7-14,30H,15-16H2,1-6H3,(H,28,29);4-6,8H,7,9H2,1-3H3,(H,19,20);4-7,12-14H,1-3H3. The van der Waals surface area contributed by atoms with Gasteiger partial charge in [0.05, 0.1) is 34.4 Å². The van der Waals surface area contributed by atoms with Gasteiger partial charge in [-0.1, -0.05) is 36.4 Å². The van der Waals surface area contributed by atoms with E-state index >= 15 is 0 Å². The van der Waals surface area contributed by atoms with Crippen LogP contribution in [0, 0.1) is 13.8 Å². The lowest BCUT2D eigenvalue weighted by Crippen LogP contribution is -2.44. The van der Waals surface area contributed by atoms with Gasteiger partial charge >= 0.3 is 7.12 Å². The molecule has 0 saturated carbocycles. The summed E-state index contributed by atoms with van der Waals surface area (Å²) in [6.45, 7) is 24.1. The molecule has 4 aromatic heterocycles. The lowest BCUT2D eigenvalue weighted by atomic mass is 9.80. The zero-order valence-corrected chi connectivity index (χ0v) is 47.0. The molecule has 0 spiro atoms. The Bertz CT molecular complexity index is 3150. The number of rotatable bonds is 12. The van der Waals surface area contributed by atoms with Gasteiger partial charge in [0, 0.05) is 109 Å². The van der Waals surface area contributed by atoms with Crippen molar-refractivity contribution in [3.8, 4) is 22.6 Å². The molecule has 0 saturated heterocycles. The van der Waals surface area contributed by atoms with Gasteiger partial charge in [0.2, 0.25) is 31.6 Å². The summed E-state index contributed by atoms with van der Waals surface area (Å²) in [7, 11) is -9.28. The van der Waals surface area contributed by atoms with Crippen LogP contribution in [0.1, 0.15) is 103 Å². The van der Waals surface area contributed by atoms with E-state index in [9.17, 15) is 16.8 Å². The normalized spacial score (nSPS) is 14.8. The van der Waals surface area contributed by atoms with Crippen molar-refractivity contribution in [2.75, 3.05) is 10.6 Å². The molecule has 0 amide bonds. The Balaban J connectivity index is 0.000000196. The summed E-state index contributed by atoms with van der Waals surface area (Å²) in [6, 6.07) is 20.3. The number of pyridine rings is 4. The van der Waals surface area contributed by atoms with E-state index in [1.807, 2.05) is 105 Å². The van der Waals surface area contributed by atoms with Crippen molar-refractivity contribution in [2.45, 2.75) is 142 Å². The Morgan fingerprint density at radius 2 is 1.05 bits per heavy atom. The summed E-state index contributed by atoms with van der Waals surface area (Å²) < 4.78 is 79.7. The van der Waals surface area contributed by atoms with E-state index in [0.29, 0.717) is 43.2 Å². The third-order valence-electron chi connectivity index (χ3n) is 10.9. The summed E-state index contributed by atoms with van der Waals surface area (Å²) >= 11 is 3.38. The number of fused-ring (bicyclic) bond motifs is 2. The Kier molecular flexibility index (Phi) is 18.0. The van der Waals surface area contributed by atoms with Gasteiger partial charge in [-0.3, -0.25) is 9.97 Å². The lowest BCUT2D eigenvalue weighted by molar-refractivity contribution is -0.181. The smallest absolute Gasteiger partial charge is 0.461 e. The van der Waals surface area contributed by atoms with Crippen LogP contribution in [0.4, 0.5) is 11.6 Å². The zero-order valence-electron chi connectivity index (χ0n) is 43.8. The van der Waals surface area contributed by atoms with E-state index in [4.69, 9.17) is 29.0 Å². The van der Waals surface area contributed by atoms with Crippen LogP contribution in [0.3, 0.4) is 0 Å². The Hall–Kier alpha value is -5.56. The van der Waals surface area contributed by atoms with Crippen LogP contribution in [0.2, 0.25) is 0 Å². The van der Waals surface area contributed by atoms with Gasteiger partial charge in [0.25, 0.3) is 0 Å². The number of hydrogen-bond donors (Lipinski definition) is 6. The van der Waals surface area contributed by atoms with Crippen molar-refractivity contribution in [1.29, 1.82) is 0 Å². The van der Waals surface area contributed by atoms with Gasteiger partial charge < -0.3 is 39.6 Å². The molecule has 0 radical (unpaired) electrons. The van der Waals surface area contributed by atoms with E-state index in [1.165, 1.54) is 18.2 Å². The minimum absolute atomic E-state index is 0.0377. The molecule has 74 heavy (non-hydrogen) atoms. The lowest BCUT2D eigenvalue weighted by Gasteiger charge is -2.34. The summed E-state index contributed by atoms with van der Waals surface area (Å²) in [4.78, 5) is 17.8. The molecule has 0 aliphatic carbocycles. The Morgan fingerprint density at radius 3 is 1.50 bits per heavy atom. The minimum Gasteiger partial charge on any atom is -0.461 e. The number of nitrogens with one attached hydrogen (secondary N) is 4. The monoisotopic (exact) mass is 1120 g/mol. The summed E-state index contributed by atoms with van der Waals surface area (Å²) in [5.41, 5.74) is 5.82. The van der Waals surface area contributed by atoms with Crippen molar-refractivity contribution < 1.29 is 45.8 Å². The number of aryl methyl sites for hydroxylation is 2. The van der Waals surface area contributed by atoms with Crippen molar-refractivity contribution >= 4 is 60.2 Å². The van der Waals surface area contributed by atoms with Crippen LogP contribution in [0.25, 0.3) is 11.1 Å². The molecule has 0 unspecified atom stereocenters. The summed E-state index contributed by atoms with van der Waals surface area (Å²) in [5, 5.41) is 24.9. The highest BCUT2D eigenvalue weighted by molar-refractivity contribution is 9.10. The average Bonchev–Trinajstić information content (AvgIpc) is 3.30. The molecular formula is C52H66BBrN8O10S2. The first-order valence-corrected chi connectivity index (χ1v) is 27.5. The molecule has 0 fully saturated rings. The molecule has 6 aromatic rings. The number of nitrogens with zero attached hydrogens (tertiary/aromatic N) is 4. The third-order valence-corrected chi connectivity index (χ3v) is 15.0. The van der Waals surface area contributed by atoms with Gasteiger partial charge in [-0.25, -0.2) is 36.2 Å². The predicted octanol–water partition coefficient (Wildman–Crippen LogP) is 8.03. The molecule has 2 aromatic carbocycles. The summed E-state index contributed by atoms with van der Waals surface area (Å²) in [6.07, 6.45) is 7.13. The first-order chi connectivity index (χ1) is 34.4. The van der Waals surface area contributed by atoms with E-state index in [0.717, 1.165) is 55.4 Å². The molecular weight excluding hydrogens is 1050 g/mol. The number of benzene rings is 2. The number of sulfonamides is 2. The van der Waals surface area contributed by atoms with Crippen molar-refractivity contribution in [3.05, 3.63) is 136 Å². The Labute approximate surface area is 443 Å². The van der Waals surface area contributed by atoms with Gasteiger partial charge in [-0.2, -0.15) is 0 Å². The molecule has 0 atom stereocenters. The fourth-order valence-electron chi connectivity index (χ4n) is 7.59. The van der Waals surface area contributed by atoms with Crippen LogP contribution in [-0.2, 0) is 55.8 Å². The first-order valence-electron chi connectivity index (χ1n) is 23.7. The van der Waals surface area contributed by atoms with Crippen molar-refractivity contribution in [3.63, 3.8) is 0 Å². The largest absolute Gasteiger partial charge is 0.489 e. The maximum Gasteiger partial charge on any atom is 0.489 e. The number of hydrogen-bond acceptors (Lipinski definition) is 16. The predicted molar refractivity (Wildman–Crippen MR) is 290 cm³/mol. The molecule has 2 aliphatic rings. The maximum atomic E-state index is 13.0. The maximum absolute atomic E-state index is 13.0. The SMILES string of the molecule is CC(C)(C)NS(=O)(=O)c1ccccc1B(O)O.Cc1ncc(CNc2ccc(-c3ccccc3S(=O)(=O)NC(C)(C)C)cn2)c2c1OC(C)(C)OC2.Cc1ncc(CNc2ccc(Br)cn2)c2c1OC(C)(C)OC2. The van der Waals surface area contributed by atoms with E-state index in [1.54, 1.807) is 57.4 Å². The molecule has 6 heterocycles. The second-order valence-electron chi connectivity index (χ2n) is 20.6. The van der Waals surface area contributed by atoms with Crippen molar-refractivity contribution in [1.82, 2.24) is 29.4 Å². The first kappa shape index (κ1) is 57.7. The van der Waals surface area contributed by atoms with Crippen LogP contribution < -0.4 is 35.0 Å². The average molecular weight is 1120 g/mol. The molecule has 8 rings (SSSR count). The minimum atomic E-state index is -3.76. The highest BCUT2D eigenvalue weighted by Gasteiger charge is 2.33.